The molecule has 1 amide bonds. The predicted octanol–water partition coefficient (Wildman–Crippen LogP) is 3.51. The van der Waals surface area contributed by atoms with Crippen LogP contribution in [-0.4, -0.2) is 19.6 Å². The van der Waals surface area contributed by atoms with E-state index in [0.717, 1.165) is 6.07 Å². The lowest BCUT2D eigenvalue weighted by molar-refractivity contribution is -0.118. The van der Waals surface area contributed by atoms with Crippen LogP contribution in [0.15, 0.2) is 42.5 Å². The van der Waals surface area contributed by atoms with Crippen molar-refractivity contribution < 1.29 is 18.7 Å². The zero-order valence-corrected chi connectivity index (χ0v) is 12.0. The maximum Gasteiger partial charge on any atom is 0.262 e. The topological polar surface area (TPSA) is 47.6 Å². The Bertz CT molecular complexity index is 649. The van der Waals surface area contributed by atoms with Crippen molar-refractivity contribution in [3.8, 4) is 11.5 Å². The van der Waals surface area contributed by atoms with Crippen LogP contribution in [0.3, 0.4) is 0 Å². The second kappa shape index (κ2) is 6.95. The van der Waals surface area contributed by atoms with Gasteiger partial charge in [-0.05, 0) is 24.3 Å². The molecule has 0 heterocycles. The first-order valence-electron chi connectivity index (χ1n) is 6.10. The van der Waals surface area contributed by atoms with Crippen LogP contribution in [0.25, 0.3) is 0 Å². The van der Waals surface area contributed by atoms with Crippen LogP contribution in [0.4, 0.5) is 10.1 Å². The summed E-state index contributed by atoms with van der Waals surface area (Å²) in [6, 6.07) is 10.9. The maximum atomic E-state index is 13.2. The summed E-state index contributed by atoms with van der Waals surface area (Å²) in [7, 11) is 1.54. The Hall–Kier alpha value is -2.27. The minimum absolute atomic E-state index is 0.00295. The minimum atomic E-state index is -0.595. The van der Waals surface area contributed by atoms with Gasteiger partial charge in [0, 0.05) is 17.8 Å². The van der Waals surface area contributed by atoms with Crippen LogP contribution < -0.4 is 14.8 Å². The Morgan fingerprint density at radius 1 is 1.24 bits per heavy atom. The van der Waals surface area contributed by atoms with Crippen molar-refractivity contribution in [3.05, 3.63) is 53.3 Å². The molecule has 6 heteroatoms. The highest BCUT2D eigenvalue weighted by atomic mass is 35.5. The van der Waals surface area contributed by atoms with Crippen LogP contribution in [0.1, 0.15) is 0 Å². The normalized spacial score (nSPS) is 10.0. The van der Waals surface area contributed by atoms with Crippen LogP contribution in [-0.2, 0) is 4.79 Å². The molecule has 0 saturated carbocycles. The van der Waals surface area contributed by atoms with E-state index in [1.165, 1.54) is 12.1 Å². The summed E-state index contributed by atoms with van der Waals surface area (Å²) in [4.78, 5) is 11.7. The molecule has 0 aromatic heterocycles. The summed E-state index contributed by atoms with van der Waals surface area (Å²) in [6.07, 6.45) is 0. The molecule has 1 N–H and O–H groups in total. The minimum Gasteiger partial charge on any atom is -0.497 e. The van der Waals surface area contributed by atoms with Gasteiger partial charge in [0.25, 0.3) is 5.91 Å². The van der Waals surface area contributed by atoms with Gasteiger partial charge in [-0.1, -0.05) is 17.7 Å². The molecule has 110 valence electrons. The van der Waals surface area contributed by atoms with Gasteiger partial charge in [-0.3, -0.25) is 4.79 Å². The van der Waals surface area contributed by atoms with Gasteiger partial charge < -0.3 is 14.8 Å². The van der Waals surface area contributed by atoms with E-state index in [2.05, 4.69) is 5.32 Å². The third kappa shape index (κ3) is 4.36. The molecule has 0 radical (unpaired) electrons. The fraction of sp³-hybridized carbons (Fsp3) is 0.133. The first kappa shape index (κ1) is 15.1. The van der Waals surface area contributed by atoms with Crippen molar-refractivity contribution in [2.75, 3.05) is 19.0 Å². The number of nitrogens with one attached hydrogen (secondary N) is 1. The number of methoxy groups -OCH3 is 1. The standard InChI is InChI=1S/C15H13ClFNO3/c1-20-11-4-2-3-10(7-11)18-15(19)9-21-12-5-6-13(16)14(17)8-12/h2-8H,9H2,1H3,(H,18,19). The van der Waals surface area contributed by atoms with Crippen LogP contribution in [0.2, 0.25) is 5.02 Å². The van der Waals surface area contributed by atoms with E-state index in [4.69, 9.17) is 21.1 Å². The zero-order valence-electron chi connectivity index (χ0n) is 11.2. The molecule has 0 atom stereocenters. The molecule has 2 aromatic carbocycles. The van der Waals surface area contributed by atoms with Crippen LogP contribution in [0.5, 0.6) is 11.5 Å². The third-order valence-corrected chi connectivity index (χ3v) is 2.92. The van der Waals surface area contributed by atoms with Gasteiger partial charge in [0.2, 0.25) is 0 Å². The summed E-state index contributed by atoms with van der Waals surface area (Å²) in [5.74, 6) is -0.0906. The first-order valence-corrected chi connectivity index (χ1v) is 6.48. The number of rotatable bonds is 5. The summed E-state index contributed by atoms with van der Waals surface area (Å²) >= 11 is 5.56. The molecular formula is C15H13ClFNO3. The number of hydrogen-bond donors (Lipinski definition) is 1. The highest BCUT2D eigenvalue weighted by Gasteiger charge is 2.06. The van der Waals surface area contributed by atoms with Crippen LogP contribution >= 0.6 is 11.6 Å². The fourth-order valence-corrected chi connectivity index (χ4v) is 1.73. The average molecular weight is 310 g/mol. The lowest BCUT2D eigenvalue weighted by atomic mass is 10.3. The van der Waals surface area contributed by atoms with Crippen LogP contribution in [0, 0.1) is 5.82 Å². The molecule has 0 unspecified atom stereocenters. The Labute approximate surface area is 126 Å². The number of anilines is 1. The summed E-state index contributed by atoms with van der Waals surface area (Å²) < 4.78 is 23.5. The Kier molecular flexibility index (Phi) is 5.00. The number of hydrogen-bond acceptors (Lipinski definition) is 3. The van der Waals surface area contributed by atoms with Gasteiger partial charge in [0.05, 0.1) is 12.1 Å². The van der Waals surface area contributed by atoms with Crippen molar-refractivity contribution in [1.82, 2.24) is 0 Å². The van der Waals surface area contributed by atoms with Gasteiger partial charge in [-0.15, -0.1) is 0 Å². The Morgan fingerprint density at radius 3 is 2.76 bits per heavy atom. The molecule has 2 aromatic rings. The Morgan fingerprint density at radius 2 is 2.05 bits per heavy atom. The highest BCUT2D eigenvalue weighted by molar-refractivity contribution is 6.30. The summed E-state index contributed by atoms with van der Waals surface area (Å²) in [5.41, 5.74) is 0.588. The molecule has 4 nitrogen and oxygen atoms in total. The van der Waals surface area contributed by atoms with Gasteiger partial charge in [-0.2, -0.15) is 0 Å². The third-order valence-electron chi connectivity index (χ3n) is 2.61. The number of benzene rings is 2. The van der Waals surface area contributed by atoms with E-state index in [9.17, 15) is 9.18 Å². The smallest absolute Gasteiger partial charge is 0.262 e. The number of amides is 1. The average Bonchev–Trinajstić information content (AvgIpc) is 2.48. The lowest BCUT2D eigenvalue weighted by Crippen LogP contribution is -2.20. The van der Waals surface area contributed by atoms with Crippen molar-refractivity contribution in [2.45, 2.75) is 0 Å². The van der Waals surface area contributed by atoms with E-state index in [1.807, 2.05) is 0 Å². The van der Waals surface area contributed by atoms with E-state index in [0.29, 0.717) is 11.4 Å². The molecule has 21 heavy (non-hydrogen) atoms. The summed E-state index contributed by atoms with van der Waals surface area (Å²) in [6.45, 7) is -0.238. The van der Waals surface area contributed by atoms with Gasteiger partial charge in [0.1, 0.15) is 17.3 Å². The SMILES string of the molecule is COc1cccc(NC(=O)COc2ccc(Cl)c(F)c2)c1. The molecule has 2 rings (SSSR count). The van der Waals surface area contributed by atoms with E-state index < -0.39 is 5.82 Å². The van der Waals surface area contributed by atoms with Crippen molar-refractivity contribution >= 4 is 23.2 Å². The molecule has 0 bridgehead atoms. The van der Waals surface area contributed by atoms with Crippen molar-refractivity contribution in [2.24, 2.45) is 0 Å². The quantitative estimate of drug-likeness (QED) is 0.919. The van der Waals surface area contributed by atoms with Gasteiger partial charge >= 0.3 is 0 Å². The number of halogens is 2. The molecular weight excluding hydrogens is 297 g/mol. The van der Waals surface area contributed by atoms with Crippen molar-refractivity contribution in [1.29, 1.82) is 0 Å². The second-order valence-electron chi connectivity index (χ2n) is 4.14. The number of carbonyl (C=O) groups is 1. The number of ether oxygens (including phenoxy) is 2. The Balaban J connectivity index is 1.90. The van der Waals surface area contributed by atoms with Gasteiger partial charge in [0.15, 0.2) is 6.61 Å². The lowest BCUT2D eigenvalue weighted by Gasteiger charge is -2.09. The molecule has 0 fully saturated rings. The number of carbonyl (C=O) groups excluding carboxylic acids is 1. The van der Waals surface area contributed by atoms with E-state index >= 15 is 0 Å². The molecule has 0 aliphatic rings. The summed E-state index contributed by atoms with van der Waals surface area (Å²) in [5, 5.41) is 2.65. The molecule has 0 aliphatic heterocycles. The molecule has 0 saturated heterocycles. The van der Waals surface area contributed by atoms with Gasteiger partial charge in [-0.25, -0.2) is 4.39 Å². The second-order valence-corrected chi connectivity index (χ2v) is 4.55. The largest absolute Gasteiger partial charge is 0.497 e. The predicted molar refractivity (Wildman–Crippen MR) is 78.5 cm³/mol. The van der Waals surface area contributed by atoms with E-state index in [1.54, 1.807) is 31.4 Å². The van der Waals surface area contributed by atoms with E-state index in [-0.39, 0.29) is 23.3 Å². The maximum absolute atomic E-state index is 13.2. The highest BCUT2D eigenvalue weighted by Crippen LogP contribution is 2.20. The zero-order chi connectivity index (χ0) is 15.2. The molecule has 0 aliphatic carbocycles. The first-order chi connectivity index (χ1) is 10.1. The van der Waals surface area contributed by atoms with Crippen molar-refractivity contribution in [3.63, 3.8) is 0 Å². The monoisotopic (exact) mass is 309 g/mol. The molecule has 0 spiro atoms. The fourth-order valence-electron chi connectivity index (χ4n) is 1.61.